The number of furan rings is 1. The molecular formula is C19H13Cl3N2O3. The first-order valence-corrected chi connectivity index (χ1v) is 8.90. The van der Waals surface area contributed by atoms with Crippen LogP contribution >= 0.6 is 34.8 Å². The number of hydrazone groups is 1. The van der Waals surface area contributed by atoms with E-state index < -0.39 is 5.91 Å². The fourth-order valence-corrected chi connectivity index (χ4v) is 2.67. The van der Waals surface area contributed by atoms with E-state index in [1.807, 2.05) is 12.1 Å². The molecule has 1 aromatic heterocycles. The molecule has 8 heteroatoms. The van der Waals surface area contributed by atoms with Crippen LogP contribution in [0.3, 0.4) is 0 Å². The molecule has 2 aromatic carbocycles. The Morgan fingerprint density at radius 2 is 1.89 bits per heavy atom. The number of carbonyl (C=O) groups is 1. The lowest BCUT2D eigenvalue weighted by molar-refractivity contribution is -0.123. The molecule has 3 rings (SSSR count). The number of amides is 1. The number of ether oxygens (including phenoxy) is 1. The van der Waals surface area contributed by atoms with Crippen molar-refractivity contribution in [2.75, 3.05) is 6.61 Å². The Balaban J connectivity index is 1.53. The van der Waals surface area contributed by atoms with Gasteiger partial charge in [-0.25, -0.2) is 5.43 Å². The fourth-order valence-electron chi connectivity index (χ4n) is 2.15. The van der Waals surface area contributed by atoms with Gasteiger partial charge in [-0.15, -0.1) is 0 Å². The average Bonchev–Trinajstić information content (AvgIpc) is 3.11. The summed E-state index contributed by atoms with van der Waals surface area (Å²) in [5.41, 5.74) is 3.19. The summed E-state index contributed by atoms with van der Waals surface area (Å²) >= 11 is 17.8. The molecule has 5 nitrogen and oxygen atoms in total. The molecular weight excluding hydrogens is 411 g/mol. The Hall–Kier alpha value is -2.47. The minimum absolute atomic E-state index is 0.261. The summed E-state index contributed by atoms with van der Waals surface area (Å²) in [6.45, 7) is -0.261. The minimum atomic E-state index is -0.455. The highest BCUT2D eigenvalue weighted by Gasteiger charge is 2.07. The second-order valence-corrected chi connectivity index (χ2v) is 6.65. The summed E-state index contributed by atoms with van der Waals surface area (Å²) in [4.78, 5) is 11.8. The van der Waals surface area contributed by atoms with Gasteiger partial charge in [0, 0.05) is 21.7 Å². The molecule has 1 N–H and O–H groups in total. The molecule has 0 bridgehead atoms. The third-order valence-electron chi connectivity index (χ3n) is 3.37. The van der Waals surface area contributed by atoms with E-state index in [0.29, 0.717) is 32.3 Å². The van der Waals surface area contributed by atoms with Crippen molar-refractivity contribution in [3.05, 3.63) is 75.4 Å². The number of hydrogen-bond donors (Lipinski definition) is 1. The summed E-state index contributed by atoms with van der Waals surface area (Å²) in [6.07, 6.45) is 1.39. The van der Waals surface area contributed by atoms with Gasteiger partial charge in [0.15, 0.2) is 6.61 Å². The Labute approximate surface area is 170 Å². The van der Waals surface area contributed by atoms with Crippen LogP contribution in [0.2, 0.25) is 15.1 Å². The van der Waals surface area contributed by atoms with Gasteiger partial charge in [0.2, 0.25) is 0 Å². The van der Waals surface area contributed by atoms with Crippen molar-refractivity contribution < 1.29 is 13.9 Å². The summed E-state index contributed by atoms with van der Waals surface area (Å²) in [7, 11) is 0. The van der Waals surface area contributed by atoms with Gasteiger partial charge < -0.3 is 9.15 Å². The lowest BCUT2D eigenvalue weighted by Gasteiger charge is -2.07. The van der Waals surface area contributed by atoms with Crippen molar-refractivity contribution >= 4 is 46.9 Å². The van der Waals surface area contributed by atoms with Crippen LogP contribution < -0.4 is 10.2 Å². The van der Waals surface area contributed by atoms with E-state index in [1.54, 1.807) is 36.4 Å². The number of halogens is 3. The number of benzene rings is 2. The van der Waals surface area contributed by atoms with E-state index in [-0.39, 0.29) is 6.61 Å². The van der Waals surface area contributed by atoms with Crippen LogP contribution in [-0.4, -0.2) is 18.7 Å². The number of hydrogen-bond acceptors (Lipinski definition) is 4. The van der Waals surface area contributed by atoms with Crippen LogP contribution in [0, 0.1) is 0 Å². The Bertz CT molecular complexity index is 986. The van der Waals surface area contributed by atoms with Gasteiger partial charge in [-0.3, -0.25) is 4.79 Å². The van der Waals surface area contributed by atoms with Gasteiger partial charge in [-0.2, -0.15) is 5.10 Å². The maximum atomic E-state index is 11.8. The lowest BCUT2D eigenvalue weighted by Crippen LogP contribution is -2.24. The summed E-state index contributed by atoms with van der Waals surface area (Å²) in [5, 5.41) is 5.27. The SMILES string of the molecule is O=C(COc1cc(Cl)ccc1Cl)N/N=C/c1ccc(-c2cccc(Cl)c2)o1. The molecule has 1 heterocycles. The van der Waals surface area contributed by atoms with Crippen LogP contribution in [0.1, 0.15) is 5.76 Å². The van der Waals surface area contributed by atoms with Crippen LogP contribution in [-0.2, 0) is 4.79 Å². The van der Waals surface area contributed by atoms with E-state index in [4.69, 9.17) is 44.0 Å². The Morgan fingerprint density at radius 3 is 2.70 bits per heavy atom. The molecule has 0 radical (unpaired) electrons. The highest BCUT2D eigenvalue weighted by molar-refractivity contribution is 6.34. The Kier molecular flexibility index (Phi) is 6.40. The van der Waals surface area contributed by atoms with Crippen molar-refractivity contribution in [2.24, 2.45) is 5.10 Å². The zero-order chi connectivity index (χ0) is 19.2. The topological polar surface area (TPSA) is 63.8 Å². The van der Waals surface area contributed by atoms with Gasteiger partial charge in [-0.05, 0) is 36.4 Å². The van der Waals surface area contributed by atoms with Gasteiger partial charge in [-0.1, -0.05) is 46.9 Å². The van der Waals surface area contributed by atoms with Crippen molar-refractivity contribution in [1.82, 2.24) is 5.43 Å². The van der Waals surface area contributed by atoms with Gasteiger partial charge >= 0.3 is 0 Å². The monoisotopic (exact) mass is 422 g/mol. The predicted octanol–water partition coefficient (Wildman–Crippen LogP) is 5.44. The molecule has 3 aromatic rings. The van der Waals surface area contributed by atoms with Crippen molar-refractivity contribution in [3.63, 3.8) is 0 Å². The molecule has 0 saturated heterocycles. The quantitative estimate of drug-likeness (QED) is 0.424. The second kappa shape index (κ2) is 8.95. The van der Waals surface area contributed by atoms with Crippen molar-refractivity contribution in [3.8, 4) is 17.1 Å². The smallest absolute Gasteiger partial charge is 0.277 e. The van der Waals surface area contributed by atoms with Crippen LogP contribution in [0.5, 0.6) is 5.75 Å². The fraction of sp³-hybridized carbons (Fsp3) is 0.0526. The molecule has 138 valence electrons. The van der Waals surface area contributed by atoms with E-state index in [0.717, 1.165) is 5.56 Å². The van der Waals surface area contributed by atoms with Crippen molar-refractivity contribution in [1.29, 1.82) is 0 Å². The molecule has 0 saturated carbocycles. The highest BCUT2D eigenvalue weighted by atomic mass is 35.5. The van der Waals surface area contributed by atoms with Crippen LogP contribution in [0.4, 0.5) is 0 Å². The van der Waals surface area contributed by atoms with Crippen LogP contribution in [0.25, 0.3) is 11.3 Å². The minimum Gasteiger partial charge on any atom is -0.482 e. The van der Waals surface area contributed by atoms with Crippen LogP contribution in [0.15, 0.2) is 64.1 Å². The molecule has 1 amide bonds. The standard InChI is InChI=1S/C19H13Cl3N2O3/c20-13-3-1-2-12(8-13)17-7-5-15(27-17)10-23-24-19(25)11-26-18-9-14(21)4-6-16(18)22/h1-10H,11H2,(H,24,25)/b23-10+. The molecule has 0 atom stereocenters. The summed E-state index contributed by atoms with van der Waals surface area (Å²) in [5.74, 6) is 0.984. The van der Waals surface area contributed by atoms with E-state index in [9.17, 15) is 4.79 Å². The number of rotatable bonds is 6. The highest BCUT2D eigenvalue weighted by Crippen LogP contribution is 2.27. The van der Waals surface area contributed by atoms with Gasteiger partial charge in [0.25, 0.3) is 5.91 Å². The van der Waals surface area contributed by atoms with Gasteiger partial charge in [0.1, 0.15) is 17.3 Å². The summed E-state index contributed by atoms with van der Waals surface area (Å²) in [6, 6.07) is 15.6. The number of carbonyl (C=O) groups excluding carboxylic acids is 1. The lowest BCUT2D eigenvalue weighted by atomic mass is 10.2. The molecule has 0 unspecified atom stereocenters. The largest absolute Gasteiger partial charge is 0.482 e. The maximum absolute atomic E-state index is 11.8. The third kappa shape index (κ3) is 5.50. The molecule has 0 spiro atoms. The summed E-state index contributed by atoms with van der Waals surface area (Å²) < 4.78 is 11.0. The average molecular weight is 424 g/mol. The molecule has 0 aliphatic carbocycles. The zero-order valence-corrected chi connectivity index (χ0v) is 16.1. The van der Waals surface area contributed by atoms with Crippen molar-refractivity contribution in [2.45, 2.75) is 0 Å². The molecule has 0 fully saturated rings. The van der Waals surface area contributed by atoms with Gasteiger partial charge in [0.05, 0.1) is 11.2 Å². The van der Waals surface area contributed by atoms with E-state index in [2.05, 4.69) is 10.5 Å². The molecule has 27 heavy (non-hydrogen) atoms. The number of nitrogens with one attached hydrogen (secondary N) is 1. The Morgan fingerprint density at radius 1 is 1.07 bits per heavy atom. The normalized spacial score (nSPS) is 10.9. The second-order valence-electron chi connectivity index (χ2n) is 5.37. The first kappa shape index (κ1) is 19.3. The third-order valence-corrected chi connectivity index (χ3v) is 4.15. The maximum Gasteiger partial charge on any atom is 0.277 e. The first-order chi connectivity index (χ1) is 13.0. The first-order valence-electron chi connectivity index (χ1n) is 7.77. The molecule has 0 aliphatic rings. The zero-order valence-electron chi connectivity index (χ0n) is 13.8. The van der Waals surface area contributed by atoms with E-state index in [1.165, 1.54) is 12.3 Å². The van der Waals surface area contributed by atoms with E-state index >= 15 is 0 Å². The predicted molar refractivity (Wildman–Crippen MR) is 107 cm³/mol. The molecule has 0 aliphatic heterocycles. The number of nitrogens with zero attached hydrogens (tertiary/aromatic N) is 1.